The van der Waals surface area contributed by atoms with Crippen LogP contribution in [0.15, 0.2) is 0 Å². The molecule has 15 heavy (non-hydrogen) atoms. The molecule has 0 aromatic heterocycles. The zero-order valence-corrected chi connectivity index (χ0v) is 9.39. The molecule has 0 aromatic carbocycles. The standard InChI is InChI=1S/C11H21NO3/c1-2-9-7-15-6-4-12(9)10-8-14-5-3-11(10)13/h9-11,13H,2-8H2,1H3. The minimum atomic E-state index is -0.231. The first-order valence-corrected chi connectivity index (χ1v) is 5.92. The van der Waals surface area contributed by atoms with Crippen LogP contribution in [0.2, 0.25) is 0 Å². The molecule has 4 heteroatoms. The minimum Gasteiger partial charge on any atom is -0.391 e. The first-order chi connectivity index (χ1) is 7.33. The third-order valence-electron chi connectivity index (χ3n) is 3.46. The van der Waals surface area contributed by atoms with Gasteiger partial charge in [-0.3, -0.25) is 4.90 Å². The van der Waals surface area contributed by atoms with Crippen LogP contribution >= 0.6 is 0 Å². The Hall–Kier alpha value is -0.160. The molecule has 2 fully saturated rings. The fourth-order valence-corrected chi connectivity index (χ4v) is 2.48. The van der Waals surface area contributed by atoms with Crippen LogP contribution in [-0.4, -0.2) is 61.2 Å². The molecule has 2 saturated heterocycles. The van der Waals surface area contributed by atoms with Gasteiger partial charge in [-0.2, -0.15) is 0 Å². The zero-order chi connectivity index (χ0) is 10.7. The maximum absolute atomic E-state index is 9.97. The van der Waals surface area contributed by atoms with E-state index in [-0.39, 0.29) is 12.1 Å². The summed E-state index contributed by atoms with van der Waals surface area (Å²) in [5, 5.41) is 9.97. The van der Waals surface area contributed by atoms with E-state index in [1.54, 1.807) is 0 Å². The van der Waals surface area contributed by atoms with Crippen molar-refractivity contribution in [2.24, 2.45) is 0 Å². The van der Waals surface area contributed by atoms with E-state index in [9.17, 15) is 5.11 Å². The summed E-state index contributed by atoms with van der Waals surface area (Å²) in [6.07, 6.45) is 1.60. The second-order valence-corrected chi connectivity index (χ2v) is 4.37. The molecule has 2 rings (SSSR count). The number of aliphatic hydroxyl groups is 1. The molecule has 4 nitrogen and oxygen atoms in total. The largest absolute Gasteiger partial charge is 0.391 e. The molecule has 0 aliphatic carbocycles. The number of morpholine rings is 1. The normalized spacial score (nSPS) is 39.2. The van der Waals surface area contributed by atoms with Crippen LogP contribution in [0.1, 0.15) is 19.8 Å². The summed E-state index contributed by atoms with van der Waals surface area (Å²) >= 11 is 0. The number of nitrogens with zero attached hydrogens (tertiary/aromatic N) is 1. The van der Waals surface area contributed by atoms with Crippen molar-refractivity contribution >= 4 is 0 Å². The van der Waals surface area contributed by atoms with Gasteiger partial charge in [0.15, 0.2) is 0 Å². The molecule has 0 bridgehead atoms. The van der Waals surface area contributed by atoms with Crippen LogP contribution in [-0.2, 0) is 9.47 Å². The topological polar surface area (TPSA) is 41.9 Å². The fraction of sp³-hybridized carbons (Fsp3) is 1.00. The molecule has 88 valence electrons. The molecule has 0 radical (unpaired) electrons. The van der Waals surface area contributed by atoms with Gasteiger partial charge >= 0.3 is 0 Å². The predicted octanol–water partition coefficient (Wildman–Crippen LogP) is 0.247. The van der Waals surface area contributed by atoms with Gasteiger partial charge in [0, 0.05) is 19.2 Å². The van der Waals surface area contributed by atoms with Gasteiger partial charge in [-0.15, -0.1) is 0 Å². The van der Waals surface area contributed by atoms with E-state index in [0.717, 1.165) is 32.6 Å². The van der Waals surface area contributed by atoms with Crippen LogP contribution in [0.4, 0.5) is 0 Å². The second-order valence-electron chi connectivity index (χ2n) is 4.37. The first kappa shape index (κ1) is 11.3. The van der Waals surface area contributed by atoms with Crippen molar-refractivity contribution in [3.63, 3.8) is 0 Å². The van der Waals surface area contributed by atoms with Gasteiger partial charge in [-0.1, -0.05) is 6.92 Å². The number of aliphatic hydroxyl groups excluding tert-OH is 1. The van der Waals surface area contributed by atoms with Crippen molar-refractivity contribution in [2.75, 3.05) is 33.0 Å². The highest BCUT2D eigenvalue weighted by molar-refractivity contribution is 4.87. The van der Waals surface area contributed by atoms with Crippen LogP contribution < -0.4 is 0 Å². The quantitative estimate of drug-likeness (QED) is 0.717. The number of hydrogen-bond acceptors (Lipinski definition) is 4. The molecule has 3 atom stereocenters. The summed E-state index contributed by atoms with van der Waals surface area (Å²) in [5.41, 5.74) is 0. The number of hydrogen-bond donors (Lipinski definition) is 1. The summed E-state index contributed by atoms with van der Waals surface area (Å²) < 4.78 is 10.9. The van der Waals surface area contributed by atoms with Gasteiger partial charge in [0.05, 0.1) is 32.0 Å². The van der Waals surface area contributed by atoms with Crippen molar-refractivity contribution in [2.45, 2.75) is 38.0 Å². The van der Waals surface area contributed by atoms with Gasteiger partial charge in [0.2, 0.25) is 0 Å². The fourth-order valence-electron chi connectivity index (χ4n) is 2.48. The Bertz CT molecular complexity index is 200. The monoisotopic (exact) mass is 215 g/mol. The molecule has 1 N–H and O–H groups in total. The maximum atomic E-state index is 9.97. The summed E-state index contributed by atoms with van der Waals surface area (Å²) in [7, 11) is 0. The van der Waals surface area contributed by atoms with Gasteiger partial charge in [-0.25, -0.2) is 0 Å². The van der Waals surface area contributed by atoms with E-state index >= 15 is 0 Å². The lowest BCUT2D eigenvalue weighted by Crippen LogP contribution is -2.57. The second kappa shape index (κ2) is 5.25. The SMILES string of the molecule is CCC1COCCN1C1COCCC1O. The molecule has 2 heterocycles. The van der Waals surface area contributed by atoms with E-state index in [1.165, 1.54) is 0 Å². The Morgan fingerprint density at radius 3 is 2.80 bits per heavy atom. The Labute approximate surface area is 91.2 Å². The Morgan fingerprint density at radius 1 is 1.27 bits per heavy atom. The summed E-state index contributed by atoms with van der Waals surface area (Å²) in [6.45, 7) is 6.02. The van der Waals surface area contributed by atoms with Gasteiger partial charge in [0.1, 0.15) is 0 Å². The minimum absolute atomic E-state index is 0.174. The Morgan fingerprint density at radius 2 is 2.07 bits per heavy atom. The highest BCUT2D eigenvalue weighted by Crippen LogP contribution is 2.20. The van der Waals surface area contributed by atoms with E-state index < -0.39 is 0 Å². The predicted molar refractivity (Wildman–Crippen MR) is 56.8 cm³/mol. The van der Waals surface area contributed by atoms with Crippen molar-refractivity contribution in [1.82, 2.24) is 4.90 Å². The molecule has 2 aliphatic heterocycles. The molecule has 0 aromatic rings. The Kier molecular flexibility index (Phi) is 3.97. The highest BCUT2D eigenvalue weighted by Gasteiger charge is 2.34. The lowest BCUT2D eigenvalue weighted by atomic mass is 10.0. The smallest absolute Gasteiger partial charge is 0.0739 e. The molecule has 2 aliphatic rings. The third kappa shape index (κ3) is 2.50. The molecule has 0 spiro atoms. The molecule has 0 amide bonds. The van der Waals surface area contributed by atoms with E-state index in [2.05, 4.69) is 11.8 Å². The van der Waals surface area contributed by atoms with Crippen LogP contribution in [0, 0.1) is 0 Å². The van der Waals surface area contributed by atoms with Gasteiger partial charge in [0.25, 0.3) is 0 Å². The molecule has 0 saturated carbocycles. The Balaban J connectivity index is 1.99. The van der Waals surface area contributed by atoms with Crippen LogP contribution in [0.3, 0.4) is 0 Å². The lowest BCUT2D eigenvalue weighted by Gasteiger charge is -2.44. The van der Waals surface area contributed by atoms with Crippen molar-refractivity contribution in [3.8, 4) is 0 Å². The number of ether oxygens (including phenoxy) is 2. The highest BCUT2D eigenvalue weighted by atomic mass is 16.5. The summed E-state index contributed by atoms with van der Waals surface area (Å²) in [6, 6.07) is 0.618. The lowest BCUT2D eigenvalue weighted by molar-refractivity contribution is -0.109. The van der Waals surface area contributed by atoms with Crippen LogP contribution in [0.5, 0.6) is 0 Å². The zero-order valence-electron chi connectivity index (χ0n) is 9.39. The average molecular weight is 215 g/mol. The van der Waals surface area contributed by atoms with Crippen molar-refractivity contribution in [1.29, 1.82) is 0 Å². The average Bonchev–Trinajstić information content (AvgIpc) is 2.30. The summed E-state index contributed by atoms with van der Waals surface area (Å²) in [4.78, 5) is 2.37. The summed E-state index contributed by atoms with van der Waals surface area (Å²) in [5.74, 6) is 0. The first-order valence-electron chi connectivity index (χ1n) is 5.92. The molecule has 3 unspecified atom stereocenters. The van der Waals surface area contributed by atoms with Gasteiger partial charge in [-0.05, 0) is 12.8 Å². The number of rotatable bonds is 2. The van der Waals surface area contributed by atoms with E-state index in [1.807, 2.05) is 0 Å². The van der Waals surface area contributed by atoms with Crippen molar-refractivity contribution < 1.29 is 14.6 Å². The van der Waals surface area contributed by atoms with E-state index in [4.69, 9.17) is 9.47 Å². The van der Waals surface area contributed by atoms with Crippen LogP contribution in [0.25, 0.3) is 0 Å². The van der Waals surface area contributed by atoms with E-state index in [0.29, 0.717) is 19.3 Å². The third-order valence-corrected chi connectivity index (χ3v) is 3.46. The van der Waals surface area contributed by atoms with Crippen molar-refractivity contribution in [3.05, 3.63) is 0 Å². The molecular formula is C11H21NO3. The molecular weight excluding hydrogens is 194 g/mol. The maximum Gasteiger partial charge on any atom is 0.0739 e. The van der Waals surface area contributed by atoms with Gasteiger partial charge < -0.3 is 14.6 Å².